The van der Waals surface area contributed by atoms with Crippen LogP contribution in [-0.2, 0) is 36.7 Å². The van der Waals surface area contributed by atoms with Crippen molar-refractivity contribution < 1.29 is 51.8 Å². The van der Waals surface area contributed by atoms with Crippen molar-refractivity contribution in [1.82, 2.24) is 39.0 Å². The lowest BCUT2D eigenvalue weighted by Crippen LogP contribution is -2.36. The van der Waals surface area contributed by atoms with Crippen molar-refractivity contribution >= 4 is 57.0 Å². The number of H-pyrrole nitrogens is 1. The van der Waals surface area contributed by atoms with Gasteiger partial charge < -0.3 is 49.7 Å². The quantitative estimate of drug-likeness (QED) is 0.0915. The topological polar surface area (TPSA) is 309 Å². The summed E-state index contributed by atoms with van der Waals surface area (Å²) in [7, 11) is -10.1. The lowest BCUT2D eigenvalue weighted by atomic mass is 10.1. The molecule has 7 heterocycles. The van der Waals surface area contributed by atoms with Crippen LogP contribution in [0.1, 0.15) is 12.5 Å². The zero-order valence-electron chi connectivity index (χ0n) is 22.0. The van der Waals surface area contributed by atoms with E-state index in [2.05, 4.69) is 29.9 Å². The summed E-state index contributed by atoms with van der Waals surface area (Å²) in [5.41, 5.74) is 11.2. The molecule has 45 heavy (non-hydrogen) atoms. The van der Waals surface area contributed by atoms with Crippen molar-refractivity contribution in [1.29, 1.82) is 0 Å². The Morgan fingerprint density at radius 3 is 2.36 bits per heavy atom. The minimum absolute atomic E-state index is 0.0268. The molecular weight excluding hydrogens is 645 g/mol. The SMILES string of the molecule is [BH3-]P1(=O)OC[C@H]2O[C@@H](n3cnc4c(N)ncnc43)C(O)[C@H]2OP(=O)(O)OC[C@H]2O[C@@H](n3cnc4c(=O)[nH]c(N)nc43)[C@@H](O1)C2O. The van der Waals surface area contributed by atoms with Crippen molar-refractivity contribution in [2.45, 2.75) is 49.1 Å². The number of aromatic amines is 1. The van der Waals surface area contributed by atoms with Crippen LogP contribution in [0.25, 0.3) is 22.3 Å². The molecule has 4 aromatic heterocycles. The number of hydrogen-bond acceptors (Lipinski definition) is 18. The Bertz CT molecular complexity index is 1940. The highest BCUT2D eigenvalue weighted by Gasteiger charge is 2.52. The highest BCUT2D eigenvalue weighted by Crippen LogP contribution is 2.53. The Kier molecular flexibility index (Phi) is 7.34. The minimum Gasteiger partial charge on any atom is -0.387 e. The number of phosphoric ester groups is 1. The predicted molar refractivity (Wildman–Crippen MR) is 151 cm³/mol. The molecule has 3 fully saturated rings. The number of phosphoric acid groups is 1. The van der Waals surface area contributed by atoms with Crippen LogP contribution in [-0.4, -0.2) is 112 Å². The van der Waals surface area contributed by atoms with Crippen LogP contribution in [0.3, 0.4) is 0 Å². The van der Waals surface area contributed by atoms with Gasteiger partial charge in [-0.2, -0.15) is 4.98 Å². The summed E-state index contributed by atoms with van der Waals surface area (Å²) in [6, 6.07) is 0. The number of imidazole rings is 2. The third kappa shape index (κ3) is 5.34. The molecule has 0 saturated carbocycles. The molecule has 7 rings (SSSR count). The second kappa shape index (κ2) is 10.9. The monoisotopic (exact) mass is 671 g/mol. The number of nitrogen functional groups attached to an aromatic ring is 2. The van der Waals surface area contributed by atoms with Gasteiger partial charge in [-0.3, -0.25) is 28.0 Å². The molecule has 4 aromatic rings. The highest BCUT2D eigenvalue weighted by atomic mass is 31.2. The molecule has 0 aliphatic carbocycles. The van der Waals surface area contributed by atoms with E-state index < -0.39 is 90.7 Å². The molecule has 0 spiro atoms. The van der Waals surface area contributed by atoms with Crippen LogP contribution in [0.2, 0.25) is 0 Å². The van der Waals surface area contributed by atoms with Gasteiger partial charge in [0.05, 0.1) is 33.4 Å². The molecule has 0 aromatic carbocycles. The van der Waals surface area contributed by atoms with Gasteiger partial charge in [0.1, 0.15) is 55.9 Å². The zero-order valence-corrected chi connectivity index (χ0v) is 23.7. The van der Waals surface area contributed by atoms with E-state index in [0.717, 1.165) is 0 Å². The maximum Gasteiger partial charge on any atom is 0.472 e. The molecule has 8 N–H and O–H groups in total. The average Bonchev–Trinajstić information content (AvgIpc) is 3.72. The molecule has 0 amide bonds. The molecule has 4 unspecified atom stereocenters. The number of anilines is 2. The van der Waals surface area contributed by atoms with Crippen LogP contribution in [0.4, 0.5) is 11.8 Å². The molecule has 2 bridgehead atoms. The fraction of sp³-hybridized carbons (Fsp3) is 0.500. The molecule has 3 aliphatic heterocycles. The molecule has 10 atom stereocenters. The van der Waals surface area contributed by atoms with E-state index in [1.54, 1.807) is 0 Å². The zero-order chi connectivity index (χ0) is 31.8. The van der Waals surface area contributed by atoms with Gasteiger partial charge in [0.25, 0.3) is 5.56 Å². The fourth-order valence-electron chi connectivity index (χ4n) is 5.21. The molecule has 22 nitrogen and oxygen atoms in total. The first kappa shape index (κ1) is 30.3. The van der Waals surface area contributed by atoms with E-state index in [1.807, 2.05) is 0 Å². The maximum absolute atomic E-state index is 13.7. The van der Waals surface area contributed by atoms with E-state index in [4.69, 9.17) is 39.0 Å². The van der Waals surface area contributed by atoms with Gasteiger partial charge in [-0.05, 0) is 0 Å². The van der Waals surface area contributed by atoms with Gasteiger partial charge in [0.15, 0.2) is 35.1 Å². The van der Waals surface area contributed by atoms with Gasteiger partial charge in [0, 0.05) is 0 Å². The van der Waals surface area contributed by atoms with Crippen LogP contribution < -0.4 is 17.0 Å². The predicted octanol–water partition coefficient (Wildman–Crippen LogP) is -2.97. The first-order chi connectivity index (χ1) is 21.3. The number of aliphatic hydroxyl groups is 2. The summed E-state index contributed by atoms with van der Waals surface area (Å²) in [6.45, 7) is -1.24. The number of ether oxygens (including phenoxy) is 2. The fourth-order valence-corrected chi connectivity index (χ4v) is 6.93. The van der Waals surface area contributed by atoms with E-state index >= 15 is 0 Å². The lowest BCUT2D eigenvalue weighted by molar-refractivity contribution is -0.0621. The van der Waals surface area contributed by atoms with Crippen LogP contribution in [0.5, 0.6) is 0 Å². The molecule has 25 heteroatoms. The highest BCUT2D eigenvalue weighted by molar-refractivity contribution is 7.79. The molecular formula is C20H26BN10O12P2-. The first-order valence-electron chi connectivity index (χ1n) is 12.8. The van der Waals surface area contributed by atoms with Gasteiger partial charge in [0.2, 0.25) is 5.95 Å². The van der Waals surface area contributed by atoms with Crippen molar-refractivity contribution in [3.8, 4) is 0 Å². The van der Waals surface area contributed by atoms with Crippen LogP contribution in [0.15, 0.2) is 23.8 Å². The normalized spacial score (nSPS) is 37.7. The standard InChI is InChI=1S/C20H26BN10O12P2/c21-44(35)38-2-7-12(11(33)18(41-7)30-4-26-8-14(22)24-3-25-15(8)30)43-45(36,37)39-1-6-10(32)13(42-44)19(40-6)31-5-27-9-16(31)28-20(23)29-17(9)34/h3-7,10-13,18-19,32-33H,1-2H2,21H3,(H,36,37)(H2,22,24,25)(H3,23,28,29,34)/q-1/t6-,7-,10?,11?,12+,13+,18-,19-,44?/m1/s1. The minimum atomic E-state index is -4.99. The number of nitrogens with zero attached hydrogens (tertiary/aromatic N) is 7. The van der Waals surface area contributed by atoms with E-state index in [0.29, 0.717) is 0 Å². The molecule has 242 valence electrons. The van der Waals surface area contributed by atoms with E-state index in [1.165, 1.54) is 28.1 Å². The number of hydrogen-bond donors (Lipinski definition) is 6. The van der Waals surface area contributed by atoms with Gasteiger partial charge in [-0.15, -0.1) is 0 Å². The summed E-state index contributed by atoms with van der Waals surface area (Å²) < 4.78 is 63.4. The summed E-state index contributed by atoms with van der Waals surface area (Å²) in [4.78, 5) is 45.5. The van der Waals surface area contributed by atoms with Crippen LogP contribution >= 0.6 is 15.3 Å². The van der Waals surface area contributed by atoms with Gasteiger partial charge >= 0.3 is 7.82 Å². The van der Waals surface area contributed by atoms with Gasteiger partial charge in [-0.1, -0.05) is 0 Å². The van der Waals surface area contributed by atoms with E-state index in [-0.39, 0.29) is 34.1 Å². The number of aliphatic hydroxyl groups excluding tert-OH is 2. The lowest BCUT2D eigenvalue weighted by Gasteiger charge is -2.30. The van der Waals surface area contributed by atoms with Gasteiger partial charge in [-0.25, -0.2) is 24.5 Å². The Morgan fingerprint density at radius 1 is 0.889 bits per heavy atom. The molecule has 3 saturated heterocycles. The van der Waals surface area contributed by atoms with Crippen molar-refractivity contribution in [3.05, 3.63) is 29.3 Å². The Balaban J connectivity index is 1.21. The third-order valence-corrected chi connectivity index (χ3v) is 8.98. The summed E-state index contributed by atoms with van der Waals surface area (Å²) in [6.07, 6.45) is -7.61. The second-order valence-electron chi connectivity index (χ2n) is 9.89. The number of rotatable bonds is 2. The van der Waals surface area contributed by atoms with Crippen molar-refractivity contribution in [2.24, 2.45) is 0 Å². The van der Waals surface area contributed by atoms with Crippen molar-refractivity contribution in [3.63, 3.8) is 0 Å². The number of aromatic nitrogens is 8. The number of nitrogens with one attached hydrogen (secondary N) is 1. The van der Waals surface area contributed by atoms with Crippen molar-refractivity contribution in [2.75, 3.05) is 24.7 Å². The Labute approximate surface area is 251 Å². The third-order valence-electron chi connectivity index (χ3n) is 7.22. The summed E-state index contributed by atoms with van der Waals surface area (Å²) in [5, 5.41) is 22.3. The second-order valence-corrected chi connectivity index (χ2v) is 12.2. The molecule has 0 radical (unpaired) electrons. The number of fused-ring (bicyclic) bond motifs is 5. The smallest absolute Gasteiger partial charge is 0.387 e. The largest absolute Gasteiger partial charge is 0.472 e. The average molecular weight is 671 g/mol. The summed E-state index contributed by atoms with van der Waals surface area (Å²) in [5.74, 6) is -0.147. The first-order valence-corrected chi connectivity index (χ1v) is 15.3. The number of nitrogens with two attached hydrogens (primary N) is 2. The molecule has 3 aliphatic rings. The maximum atomic E-state index is 13.7. The van der Waals surface area contributed by atoms with E-state index in [9.17, 15) is 29.0 Å². The Morgan fingerprint density at radius 2 is 1.58 bits per heavy atom. The van der Waals surface area contributed by atoms with Crippen LogP contribution in [0, 0.1) is 0 Å². The summed E-state index contributed by atoms with van der Waals surface area (Å²) >= 11 is 0. The Hall–Kier alpha value is -3.34.